The molecule has 0 atom stereocenters. The van der Waals surface area contributed by atoms with Gasteiger partial charge in [0.25, 0.3) is 5.91 Å². The summed E-state index contributed by atoms with van der Waals surface area (Å²) in [5.74, 6) is -2.53. The van der Waals surface area contributed by atoms with Crippen molar-refractivity contribution in [2.75, 3.05) is 0 Å². The Kier molecular flexibility index (Phi) is 3.99. The van der Waals surface area contributed by atoms with E-state index in [0.717, 1.165) is 0 Å². The number of rotatable bonds is 4. The van der Waals surface area contributed by atoms with Crippen molar-refractivity contribution in [1.29, 1.82) is 0 Å². The molecule has 20 heavy (non-hydrogen) atoms. The molecule has 0 spiro atoms. The Morgan fingerprint density at radius 2 is 1.80 bits per heavy atom. The summed E-state index contributed by atoms with van der Waals surface area (Å²) in [6, 6.07) is 5.96. The summed E-state index contributed by atoms with van der Waals surface area (Å²) >= 11 is 0. The minimum Gasteiger partial charge on any atom is -0.476 e. The van der Waals surface area contributed by atoms with Crippen molar-refractivity contribution in [1.82, 2.24) is 15.3 Å². The van der Waals surface area contributed by atoms with Crippen molar-refractivity contribution in [3.8, 4) is 0 Å². The van der Waals surface area contributed by atoms with Gasteiger partial charge in [-0.25, -0.2) is 19.2 Å². The van der Waals surface area contributed by atoms with Gasteiger partial charge in [-0.1, -0.05) is 18.2 Å². The molecule has 0 unspecified atom stereocenters. The van der Waals surface area contributed by atoms with Gasteiger partial charge in [0.2, 0.25) is 0 Å². The zero-order valence-corrected chi connectivity index (χ0v) is 10.2. The lowest BCUT2D eigenvalue weighted by Gasteiger charge is -2.07. The van der Waals surface area contributed by atoms with Gasteiger partial charge in [-0.05, 0) is 6.07 Å². The molecule has 0 fully saturated rings. The van der Waals surface area contributed by atoms with Crippen molar-refractivity contribution in [3.63, 3.8) is 0 Å². The Morgan fingerprint density at radius 3 is 2.45 bits per heavy atom. The van der Waals surface area contributed by atoms with E-state index in [2.05, 4.69) is 15.3 Å². The molecule has 2 rings (SSSR count). The summed E-state index contributed by atoms with van der Waals surface area (Å²) in [6.45, 7) is -0.0683. The van der Waals surface area contributed by atoms with Crippen LogP contribution in [-0.4, -0.2) is 27.0 Å². The van der Waals surface area contributed by atoms with Crippen LogP contribution in [0.15, 0.2) is 36.7 Å². The van der Waals surface area contributed by atoms with Crippen LogP contribution in [0.4, 0.5) is 4.39 Å². The van der Waals surface area contributed by atoms with Crippen LogP contribution in [0.1, 0.15) is 26.5 Å². The minimum absolute atomic E-state index is 0.0683. The highest BCUT2D eigenvalue weighted by molar-refractivity contribution is 6.01. The van der Waals surface area contributed by atoms with Crippen LogP contribution in [0.3, 0.4) is 0 Å². The van der Waals surface area contributed by atoms with E-state index in [1.165, 1.54) is 30.6 Å². The van der Waals surface area contributed by atoms with E-state index in [0.29, 0.717) is 5.56 Å². The average Bonchev–Trinajstić information content (AvgIpc) is 2.46. The number of aromatic nitrogens is 2. The first-order chi connectivity index (χ1) is 9.59. The van der Waals surface area contributed by atoms with Crippen LogP contribution in [0.25, 0.3) is 0 Å². The largest absolute Gasteiger partial charge is 0.476 e. The normalized spacial score (nSPS) is 10.1. The van der Waals surface area contributed by atoms with Gasteiger partial charge in [0, 0.05) is 24.5 Å². The number of carboxylic acid groups (broad SMARTS) is 1. The van der Waals surface area contributed by atoms with Crippen LogP contribution in [0.2, 0.25) is 0 Å². The van der Waals surface area contributed by atoms with Gasteiger partial charge in [0.1, 0.15) is 5.82 Å². The molecule has 1 aromatic carbocycles. The summed E-state index contributed by atoms with van der Waals surface area (Å²) in [4.78, 5) is 30.0. The highest BCUT2D eigenvalue weighted by atomic mass is 19.1. The molecule has 0 saturated carbocycles. The van der Waals surface area contributed by atoms with E-state index >= 15 is 0 Å². The molecule has 0 aliphatic heterocycles. The Hall–Kier alpha value is -2.83. The average molecular weight is 275 g/mol. The third-order valence-electron chi connectivity index (χ3n) is 2.51. The van der Waals surface area contributed by atoms with Crippen molar-refractivity contribution in [2.24, 2.45) is 0 Å². The smallest absolute Gasteiger partial charge is 0.356 e. The molecule has 0 radical (unpaired) electrons. The summed E-state index contributed by atoms with van der Waals surface area (Å²) in [5.41, 5.74) is -0.462. The molecule has 2 N–H and O–H groups in total. The lowest BCUT2D eigenvalue weighted by atomic mass is 10.2. The molecule has 6 nitrogen and oxygen atoms in total. The van der Waals surface area contributed by atoms with E-state index in [4.69, 9.17) is 5.11 Å². The maximum Gasteiger partial charge on any atom is 0.356 e. The standard InChI is InChI=1S/C13H10FN3O3/c14-9-4-2-1-3-8(9)7-17-12(18)10-11(13(19)20)16-6-5-15-10/h1-6H,7H2,(H,17,18)(H,19,20). The predicted molar refractivity (Wildman–Crippen MR) is 66.6 cm³/mol. The number of carbonyl (C=O) groups excluding carboxylic acids is 1. The Bertz CT molecular complexity index is 661. The molecule has 1 aromatic heterocycles. The van der Waals surface area contributed by atoms with Crippen molar-refractivity contribution in [3.05, 3.63) is 59.4 Å². The van der Waals surface area contributed by atoms with Gasteiger partial charge in [-0.3, -0.25) is 4.79 Å². The summed E-state index contributed by atoms with van der Waals surface area (Å²) < 4.78 is 13.4. The lowest BCUT2D eigenvalue weighted by Crippen LogP contribution is -2.27. The zero-order valence-electron chi connectivity index (χ0n) is 10.2. The third kappa shape index (κ3) is 2.94. The summed E-state index contributed by atoms with van der Waals surface area (Å²) in [5, 5.41) is 11.3. The van der Waals surface area contributed by atoms with Crippen molar-refractivity contribution < 1.29 is 19.1 Å². The fraction of sp³-hybridized carbons (Fsp3) is 0.0769. The third-order valence-corrected chi connectivity index (χ3v) is 2.51. The molecule has 1 heterocycles. The van der Waals surface area contributed by atoms with Gasteiger partial charge < -0.3 is 10.4 Å². The predicted octanol–water partition coefficient (Wildman–Crippen LogP) is 1.24. The van der Waals surface area contributed by atoms with E-state index in [9.17, 15) is 14.0 Å². The first kappa shape index (κ1) is 13.6. The molecule has 0 aliphatic carbocycles. The summed E-state index contributed by atoms with van der Waals surface area (Å²) in [6.07, 6.45) is 2.39. The zero-order chi connectivity index (χ0) is 14.5. The quantitative estimate of drug-likeness (QED) is 0.875. The number of hydrogen-bond acceptors (Lipinski definition) is 4. The second kappa shape index (κ2) is 5.87. The first-order valence-corrected chi connectivity index (χ1v) is 5.65. The lowest BCUT2D eigenvalue weighted by molar-refractivity contribution is 0.0683. The second-order valence-corrected chi connectivity index (χ2v) is 3.83. The highest BCUT2D eigenvalue weighted by Crippen LogP contribution is 2.07. The molecule has 102 valence electrons. The van der Waals surface area contributed by atoms with Crippen LogP contribution in [-0.2, 0) is 6.54 Å². The number of nitrogens with zero attached hydrogens (tertiary/aromatic N) is 2. The fourth-order valence-corrected chi connectivity index (χ4v) is 1.56. The molecule has 0 saturated heterocycles. The van der Waals surface area contributed by atoms with Crippen molar-refractivity contribution in [2.45, 2.75) is 6.54 Å². The second-order valence-electron chi connectivity index (χ2n) is 3.83. The molecular weight excluding hydrogens is 265 g/mol. The fourth-order valence-electron chi connectivity index (χ4n) is 1.56. The minimum atomic E-state index is -1.35. The summed E-state index contributed by atoms with van der Waals surface area (Å²) in [7, 11) is 0. The number of nitrogens with one attached hydrogen (secondary N) is 1. The Morgan fingerprint density at radius 1 is 1.15 bits per heavy atom. The monoisotopic (exact) mass is 275 g/mol. The topological polar surface area (TPSA) is 92.2 Å². The molecule has 0 aliphatic rings. The number of halogens is 1. The number of amides is 1. The van der Waals surface area contributed by atoms with Gasteiger partial charge >= 0.3 is 5.97 Å². The van der Waals surface area contributed by atoms with Gasteiger partial charge in [-0.15, -0.1) is 0 Å². The van der Waals surface area contributed by atoms with Crippen molar-refractivity contribution >= 4 is 11.9 Å². The first-order valence-electron chi connectivity index (χ1n) is 5.65. The molecule has 2 aromatic rings. The molecule has 0 bridgehead atoms. The Balaban J connectivity index is 2.14. The number of aromatic carboxylic acids is 1. The SMILES string of the molecule is O=C(O)c1nccnc1C(=O)NCc1ccccc1F. The number of carbonyl (C=O) groups is 2. The number of benzene rings is 1. The van der Waals surface area contributed by atoms with Crippen LogP contribution < -0.4 is 5.32 Å². The van der Waals surface area contributed by atoms with E-state index in [1.807, 2.05) is 0 Å². The van der Waals surface area contributed by atoms with Crippen LogP contribution in [0.5, 0.6) is 0 Å². The van der Waals surface area contributed by atoms with Crippen LogP contribution >= 0.6 is 0 Å². The number of carboxylic acids is 1. The van der Waals surface area contributed by atoms with Crippen LogP contribution in [0, 0.1) is 5.82 Å². The van der Waals surface area contributed by atoms with Gasteiger partial charge in [0.15, 0.2) is 11.4 Å². The number of hydrogen-bond donors (Lipinski definition) is 2. The van der Waals surface area contributed by atoms with E-state index < -0.39 is 23.4 Å². The maximum absolute atomic E-state index is 13.4. The molecular formula is C13H10FN3O3. The highest BCUT2D eigenvalue weighted by Gasteiger charge is 2.19. The molecule has 1 amide bonds. The maximum atomic E-state index is 13.4. The van der Waals surface area contributed by atoms with E-state index in [-0.39, 0.29) is 12.2 Å². The van der Waals surface area contributed by atoms with E-state index in [1.54, 1.807) is 6.07 Å². The Labute approximate surface area is 113 Å². The molecule has 7 heteroatoms. The van der Waals surface area contributed by atoms with Gasteiger partial charge in [0.05, 0.1) is 0 Å². The van der Waals surface area contributed by atoms with Gasteiger partial charge in [-0.2, -0.15) is 0 Å².